The van der Waals surface area contributed by atoms with Crippen LogP contribution in [0.15, 0.2) is 60.8 Å². The fourth-order valence-corrected chi connectivity index (χ4v) is 6.52. The Kier molecular flexibility index (Phi) is 45.0. The maximum Gasteiger partial charge on any atom is 0.306 e. The lowest BCUT2D eigenvalue weighted by molar-refractivity contribution is -0.162. The molecule has 1 unspecified atom stereocenters. The number of unbranched alkanes of at least 4 members (excludes halogenated alkanes) is 22. The summed E-state index contributed by atoms with van der Waals surface area (Å²) < 4.78 is 17.3. The molecule has 0 fully saturated rings. The van der Waals surface area contributed by atoms with Crippen LogP contribution < -0.4 is 0 Å². The monoisotopic (exact) mass is 783 g/mol. The van der Waals surface area contributed by atoms with Gasteiger partial charge in [-0.15, -0.1) is 0 Å². The van der Waals surface area contributed by atoms with E-state index in [2.05, 4.69) is 75.5 Å². The van der Waals surface area contributed by atoms with Crippen LogP contribution in [0, 0.1) is 0 Å². The first-order valence-corrected chi connectivity index (χ1v) is 23.8. The highest BCUT2D eigenvalue weighted by molar-refractivity contribution is 5.70. The summed E-state index contributed by atoms with van der Waals surface area (Å²) in [7, 11) is 0. The molecular weight excluding hydrogens is 693 g/mol. The summed E-state index contributed by atoms with van der Waals surface area (Å²) in [6, 6.07) is 0. The Labute approximate surface area is 347 Å². The van der Waals surface area contributed by atoms with Crippen LogP contribution in [0.3, 0.4) is 0 Å². The SMILES string of the molecule is CC/C=C\C/C=C\C/C=C\C/C=C\CCC(=O)OCC(COCCCCCCCC/C=C\CCCCCC)OC(=O)CCCCCCCCCCCCCCC. The predicted molar refractivity (Wildman–Crippen MR) is 242 cm³/mol. The summed E-state index contributed by atoms with van der Waals surface area (Å²) in [5.74, 6) is -0.490. The Morgan fingerprint density at radius 3 is 1.38 bits per heavy atom. The lowest BCUT2D eigenvalue weighted by Gasteiger charge is -2.18. The molecule has 324 valence electrons. The zero-order valence-corrected chi connectivity index (χ0v) is 37.1. The number of hydrogen-bond acceptors (Lipinski definition) is 5. The van der Waals surface area contributed by atoms with Crippen molar-refractivity contribution < 1.29 is 23.8 Å². The van der Waals surface area contributed by atoms with Crippen molar-refractivity contribution in [1.82, 2.24) is 0 Å². The van der Waals surface area contributed by atoms with Gasteiger partial charge in [0.2, 0.25) is 0 Å². The maximum absolute atomic E-state index is 12.7. The van der Waals surface area contributed by atoms with Crippen LogP contribution in [0.1, 0.15) is 226 Å². The Balaban J connectivity index is 4.35. The van der Waals surface area contributed by atoms with Crippen molar-refractivity contribution in [3.8, 4) is 0 Å². The van der Waals surface area contributed by atoms with Crippen LogP contribution in [-0.2, 0) is 23.8 Å². The Bertz CT molecular complexity index is 977. The molecule has 56 heavy (non-hydrogen) atoms. The third-order valence-corrected chi connectivity index (χ3v) is 10.1. The van der Waals surface area contributed by atoms with Crippen LogP contribution in [0.5, 0.6) is 0 Å². The third kappa shape index (κ3) is 44.3. The first-order valence-electron chi connectivity index (χ1n) is 23.8. The maximum atomic E-state index is 12.7. The lowest BCUT2D eigenvalue weighted by atomic mass is 10.0. The minimum Gasteiger partial charge on any atom is -0.462 e. The van der Waals surface area contributed by atoms with Gasteiger partial charge in [0, 0.05) is 19.4 Å². The number of allylic oxidation sites excluding steroid dienone is 10. The molecular formula is C51H90O5. The molecule has 0 bridgehead atoms. The molecule has 0 aromatic heterocycles. The van der Waals surface area contributed by atoms with E-state index in [-0.39, 0.29) is 25.2 Å². The number of esters is 2. The predicted octanol–water partition coefficient (Wildman–Crippen LogP) is 15.8. The largest absolute Gasteiger partial charge is 0.462 e. The van der Waals surface area contributed by atoms with Gasteiger partial charge in [0.1, 0.15) is 6.61 Å². The van der Waals surface area contributed by atoms with Gasteiger partial charge in [0.05, 0.1) is 6.61 Å². The molecule has 5 heteroatoms. The molecule has 0 radical (unpaired) electrons. The van der Waals surface area contributed by atoms with E-state index in [0.717, 1.165) is 51.4 Å². The highest BCUT2D eigenvalue weighted by Gasteiger charge is 2.17. The number of hydrogen-bond donors (Lipinski definition) is 0. The van der Waals surface area contributed by atoms with Crippen LogP contribution >= 0.6 is 0 Å². The topological polar surface area (TPSA) is 61.8 Å². The van der Waals surface area contributed by atoms with Gasteiger partial charge in [0.25, 0.3) is 0 Å². The summed E-state index contributed by atoms with van der Waals surface area (Å²) >= 11 is 0. The number of carbonyl (C=O) groups is 2. The van der Waals surface area contributed by atoms with Crippen LogP contribution in [0.4, 0.5) is 0 Å². The van der Waals surface area contributed by atoms with E-state index >= 15 is 0 Å². The molecule has 0 aliphatic rings. The molecule has 5 nitrogen and oxygen atoms in total. The van der Waals surface area contributed by atoms with Gasteiger partial charge in [-0.1, -0.05) is 204 Å². The molecule has 0 aliphatic heterocycles. The molecule has 0 aromatic carbocycles. The summed E-state index contributed by atoms with van der Waals surface area (Å²) in [4.78, 5) is 25.2. The van der Waals surface area contributed by atoms with Gasteiger partial charge in [0.15, 0.2) is 6.10 Å². The van der Waals surface area contributed by atoms with E-state index in [1.807, 2.05) is 6.08 Å². The van der Waals surface area contributed by atoms with Gasteiger partial charge >= 0.3 is 11.9 Å². The second kappa shape index (κ2) is 47.0. The van der Waals surface area contributed by atoms with E-state index in [4.69, 9.17) is 14.2 Å². The lowest BCUT2D eigenvalue weighted by Crippen LogP contribution is -2.30. The number of rotatable bonds is 43. The van der Waals surface area contributed by atoms with Gasteiger partial charge in [-0.2, -0.15) is 0 Å². The minimum absolute atomic E-state index is 0.0462. The van der Waals surface area contributed by atoms with Crippen LogP contribution in [0.2, 0.25) is 0 Å². The van der Waals surface area contributed by atoms with E-state index < -0.39 is 6.10 Å². The average molecular weight is 783 g/mol. The average Bonchev–Trinajstić information content (AvgIpc) is 3.20. The van der Waals surface area contributed by atoms with Gasteiger partial charge in [-0.3, -0.25) is 9.59 Å². The third-order valence-electron chi connectivity index (χ3n) is 10.1. The van der Waals surface area contributed by atoms with Gasteiger partial charge in [-0.25, -0.2) is 0 Å². The van der Waals surface area contributed by atoms with E-state index in [0.29, 0.717) is 25.9 Å². The van der Waals surface area contributed by atoms with Crippen molar-refractivity contribution >= 4 is 11.9 Å². The van der Waals surface area contributed by atoms with E-state index in [1.165, 1.54) is 135 Å². The standard InChI is InChI=1S/C51H90O5/c1-4-7-10-13-16-19-22-25-28-31-34-37-40-43-46-54-47-49(56-51(53)45-42-39-36-33-30-27-24-21-18-15-12-9-6-3)48-55-50(52)44-41-38-35-32-29-26-23-20-17-14-11-8-5-2/h8,11,17,19-20,22,26,29,35,38,49H,4-7,9-10,12-16,18,21,23-25,27-28,30-34,36-37,39-48H2,1-3H3/b11-8-,20-17-,22-19-,29-26-,38-35-. The molecule has 0 heterocycles. The van der Waals surface area contributed by atoms with Crippen molar-refractivity contribution in [2.45, 2.75) is 232 Å². The molecule has 0 saturated heterocycles. The number of ether oxygens (including phenoxy) is 3. The fourth-order valence-electron chi connectivity index (χ4n) is 6.52. The number of carbonyl (C=O) groups excluding carboxylic acids is 2. The zero-order chi connectivity index (χ0) is 40.7. The Morgan fingerprint density at radius 1 is 0.411 bits per heavy atom. The summed E-state index contributed by atoms with van der Waals surface area (Å²) in [6.45, 7) is 7.62. The second-order valence-electron chi connectivity index (χ2n) is 15.6. The molecule has 0 aliphatic carbocycles. The summed E-state index contributed by atoms with van der Waals surface area (Å²) in [5.41, 5.74) is 0. The van der Waals surface area contributed by atoms with E-state index in [1.54, 1.807) is 0 Å². The molecule has 0 saturated carbocycles. The van der Waals surface area contributed by atoms with Crippen molar-refractivity contribution in [3.63, 3.8) is 0 Å². The zero-order valence-electron chi connectivity index (χ0n) is 37.1. The van der Waals surface area contributed by atoms with Gasteiger partial charge in [-0.05, 0) is 70.6 Å². The highest BCUT2D eigenvalue weighted by Crippen LogP contribution is 2.14. The van der Waals surface area contributed by atoms with Crippen LogP contribution in [-0.4, -0.2) is 37.9 Å². The minimum atomic E-state index is -0.564. The molecule has 0 amide bonds. The molecule has 0 N–H and O–H groups in total. The molecule has 0 spiro atoms. The smallest absolute Gasteiger partial charge is 0.306 e. The van der Waals surface area contributed by atoms with Crippen molar-refractivity contribution in [2.75, 3.05) is 19.8 Å². The molecule has 0 aromatic rings. The second-order valence-corrected chi connectivity index (χ2v) is 15.6. The highest BCUT2D eigenvalue weighted by atomic mass is 16.6. The van der Waals surface area contributed by atoms with Crippen molar-refractivity contribution in [2.24, 2.45) is 0 Å². The summed E-state index contributed by atoms with van der Waals surface area (Å²) in [6.07, 6.45) is 58.0. The molecule has 0 rings (SSSR count). The van der Waals surface area contributed by atoms with Gasteiger partial charge < -0.3 is 14.2 Å². The van der Waals surface area contributed by atoms with Crippen LogP contribution in [0.25, 0.3) is 0 Å². The normalized spacial score (nSPS) is 12.7. The fraction of sp³-hybridized carbons (Fsp3) is 0.765. The Hall–Kier alpha value is -2.40. The summed E-state index contributed by atoms with van der Waals surface area (Å²) in [5, 5.41) is 0. The first-order chi connectivity index (χ1) is 27.6. The molecule has 1 atom stereocenters. The first kappa shape index (κ1) is 53.6. The van der Waals surface area contributed by atoms with Crippen molar-refractivity contribution in [3.05, 3.63) is 60.8 Å². The quantitative estimate of drug-likeness (QED) is 0.0350. The van der Waals surface area contributed by atoms with Crippen molar-refractivity contribution in [1.29, 1.82) is 0 Å². The van der Waals surface area contributed by atoms with E-state index in [9.17, 15) is 9.59 Å². The Morgan fingerprint density at radius 2 is 0.839 bits per heavy atom.